The molecule has 2 aromatic carbocycles. The van der Waals surface area contributed by atoms with Crippen molar-refractivity contribution in [2.75, 3.05) is 0 Å². The summed E-state index contributed by atoms with van der Waals surface area (Å²) in [5, 5.41) is 0. The number of ether oxygens (including phenoxy) is 1. The first-order valence-corrected chi connectivity index (χ1v) is 8.91. The van der Waals surface area contributed by atoms with Crippen molar-refractivity contribution >= 4 is 40.5 Å². The molecule has 0 fully saturated rings. The average Bonchev–Trinajstić information content (AvgIpc) is 2.91. The summed E-state index contributed by atoms with van der Waals surface area (Å²) in [4.78, 5) is 16.4. The quantitative estimate of drug-likeness (QED) is 0.387. The molecule has 1 aliphatic rings. The van der Waals surface area contributed by atoms with Crippen LogP contribution in [0.15, 0.2) is 53.2 Å². The fourth-order valence-electron chi connectivity index (χ4n) is 2.45. The van der Waals surface area contributed by atoms with E-state index in [1.165, 1.54) is 9.13 Å². The van der Waals surface area contributed by atoms with Gasteiger partial charge < -0.3 is 4.74 Å². The molecule has 0 aromatic heterocycles. The fraction of sp³-hybridized carbons (Fsp3) is 0.200. The summed E-state index contributed by atoms with van der Waals surface area (Å²) in [6.45, 7) is 6.33. The summed E-state index contributed by atoms with van der Waals surface area (Å²) in [5.41, 5.74) is 4.49. The number of aliphatic imine (C=N–C) groups is 1. The highest BCUT2D eigenvalue weighted by atomic mass is 127. The largest absolute Gasteiger partial charge is 0.402 e. The molecule has 0 spiro atoms. The molecular formula is C20H18INO2. The molecule has 0 amide bonds. The Balaban J connectivity index is 1.89. The standard InChI is InChI=1S/C20H18INO2/c1-12(2)15-6-4-14(5-7-15)11-18-20(23)24-19(22-18)16-8-9-17(21)13(3)10-16/h4-12H,1-3H3/b18-11-. The molecule has 3 nitrogen and oxygen atoms in total. The van der Waals surface area contributed by atoms with Crippen molar-refractivity contribution in [3.05, 3.63) is 74.0 Å². The average molecular weight is 431 g/mol. The van der Waals surface area contributed by atoms with Crippen LogP contribution in [0.1, 0.15) is 42.0 Å². The summed E-state index contributed by atoms with van der Waals surface area (Å²) < 4.78 is 6.50. The first kappa shape index (κ1) is 16.9. The Labute approximate surface area is 155 Å². The zero-order valence-corrected chi connectivity index (χ0v) is 16.0. The second kappa shape index (κ2) is 6.89. The highest BCUT2D eigenvalue weighted by Gasteiger charge is 2.24. The molecule has 0 aliphatic carbocycles. The van der Waals surface area contributed by atoms with Gasteiger partial charge >= 0.3 is 5.97 Å². The molecule has 0 saturated carbocycles. The van der Waals surface area contributed by atoms with Crippen molar-refractivity contribution in [1.29, 1.82) is 0 Å². The van der Waals surface area contributed by atoms with Crippen LogP contribution in [0.4, 0.5) is 0 Å². The number of benzene rings is 2. The summed E-state index contributed by atoms with van der Waals surface area (Å²) in [6, 6.07) is 14.0. The van der Waals surface area contributed by atoms with E-state index < -0.39 is 5.97 Å². The molecule has 0 radical (unpaired) electrons. The summed E-state index contributed by atoms with van der Waals surface area (Å²) in [5.74, 6) is 0.440. The molecular weight excluding hydrogens is 413 g/mol. The van der Waals surface area contributed by atoms with Crippen LogP contribution in [0, 0.1) is 10.5 Å². The molecule has 0 bridgehead atoms. The lowest BCUT2D eigenvalue weighted by Gasteiger charge is -2.04. The molecule has 0 saturated heterocycles. The van der Waals surface area contributed by atoms with Crippen LogP contribution in [-0.2, 0) is 9.53 Å². The minimum atomic E-state index is -0.408. The van der Waals surface area contributed by atoms with Crippen molar-refractivity contribution in [3.63, 3.8) is 0 Å². The van der Waals surface area contributed by atoms with E-state index in [1.807, 2.05) is 37.3 Å². The Kier molecular flexibility index (Phi) is 4.85. The van der Waals surface area contributed by atoms with E-state index >= 15 is 0 Å². The predicted octanol–water partition coefficient (Wildman–Crippen LogP) is 5.07. The fourth-order valence-corrected chi connectivity index (χ4v) is 2.78. The second-order valence-corrected chi connectivity index (χ2v) is 7.28. The highest BCUT2D eigenvalue weighted by molar-refractivity contribution is 14.1. The number of hydrogen-bond donors (Lipinski definition) is 0. The molecule has 2 aromatic rings. The number of nitrogens with zero attached hydrogens (tertiary/aromatic N) is 1. The molecule has 122 valence electrons. The van der Waals surface area contributed by atoms with Gasteiger partial charge in [-0.15, -0.1) is 0 Å². The second-order valence-electron chi connectivity index (χ2n) is 6.12. The lowest BCUT2D eigenvalue weighted by molar-refractivity contribution is -0.129. The van der Waals surface area contributed by atoms with E-state index in [1.54, 1.807) is 6.08 Å². The van der Waals surface area contributed by atoms with Gasteiger partial charge in [0.05, 0.1) is 0 Å². The molecule has 0 N–H and O–H groups in total. The maximum absolute atomic E-state index is 12.1. The van der Waals surface area contributed by atoms with E-state index in [0.29, 0.717) is 17.5 Å². The summed E-state index contributed by atoms with van der Waals surface area (Å²) in [6.07, 6.45) is 1.76. The monoisotopic (exact) mass is 431 g/mol. The van der Waals surface area contributed by atoms with Gasteiger partial charge in [0.15, 0.2) is 5.70 Å². The third kappa shape index (κ3) is 3.59. The molecule has 1 aliphatic heterocycles. The van der Waals surface area contributed by atoms with Crippen molar-refractivity contribution < 1.29 is 9.53 Å². The van der Waals surface area contributed by atoms with Gasteiger partial charge in [-0.3, -0.25) is 0 Å². The Morgan fingerprint density at radius 2 is 1.83 bits per heavy atom. The van der Waals surface area contributed by atoms with E-state index in [0.717, 1.165) is 16.7 Å². The first-order valence-electron chi connectivity index (χ1n) is 7.83. The maximum Gasteiger partial charge on any atom is 0.363 e. The van der Waals surface area contributed by atoms with E-state index in [4.69, 9.17) is 4.74 Å². The SMILES string of the molecule is Cc1cc(C2=N/C(=C\c3ccc(C(C)C)cc3)C(=O)O2)ccc1I. The Morgan fingerprint density at radius 3 is 2.46 bits per heavy atom. The van der Waals surface area contributed by atoms with Crippen LogP contribution in [0.2, 0.25) is 0 Å². The smallest absolute Gasteiger partial charge is 0.363 e. The van der Waals surface area contributed by atoms with Crippen LogP contribution in [0.5, 0.6) is 0 Å². The molecule has 1 heterocycles. The number of esters is 1. The third-order valence-electron chi connectivity index (χ3n) is 3.93. The van der Waals surface area contributed by atoms with E-state index in [-0.39, 0.29) is 0 Å². The van der Waals surface area contributed by atoms with Gasteiger partial charge in [0.2, 0.25) is 5.90 Å². The third-order valence-corrected chi connectivity index (χ3v) is 5.14. The summed E-state index contributed by atoms with van der Waals surface area (Å²) in [7, 11) is 0. The Bertz CT molecular complexity index is 848. The number of carbonyl (C=O) groups excluding carboxylic acids is 1. The van der Waals surface area contributed by atoms with Crippen LogP contribution in [0.25, 0.3) is 6.08 Å². The number of aryl methyl sites for hydroxylation is 1. The zero-order valence-electron chi connectivity index (χ0n) is 13.8. The van der Waals surface area contributed by atoms with Crippen LogP contribution < -0.4 is 0 Å². The van der Waals surface area contributed by atoms with Crippen LogP contribution in [-0.4, -0.2) is 11.9 Å². The Morgan fingerprint density at radius 1 is 1.12 bits per heavy atom. The Hall–Kier alpha value is -1.95. The van der Waals surface area contributed by atoms with Gasteiger partial charge in [-0.25, -0.2) is 9.79 Å². The molecule has 24 heavy (non-hydrogen) atoms. The predicted molar refractivity (Wildman–Crippen MR) is 105 cm³/mol. The van der Waals surface area contributed by atoms with Crippen LogP contribution >= 0.6 is 22.6 Å². The normalized spacial score (nSPS) is 15.8. The number of hydrogen-bond acceptors (Lipinski definition) is 3. The van der Waals surface area contributed by atoms with Crippen molar-refractivity contribution in [2.45, 2.75) is 26.7 Å². The van der Waals surface area contributed by atoms with Gasteiger partial charge in [0.25, 0.3) is 0 Å². The van der Waals surface area contributed by atoms with Crippen molar-refractivity contribution in [1.82, 2.24) is 0 Å². The van der Waals surface area contributed by atoms with Gasteiger partial charge in [0, 0.05) is 9.13 Å². The first-order chi connectivity index (χ1) is 11.4. The van der Waals surface area contributed by atoms with Gasteiger partial charge in [-0.05, 0) is 76.4 Å². The van der Waals surface area contributed by atoms with Gasteiger partial charge in [0.1, 0.15) is 0 Å². The van der Waals surface area contributed by atoms with Gasteiger partial charge in [-0.2, -0.15) is 0 Å². The highest BCUT2D eigenvalue weighted by Crippen LogP contribution is 2.22. The number of halogens is 1. The number of carbonyl (C=O) groups is 1. The minimum absolute atomic E-state index is 0.332. The van der Waals surface area contributed by atoms with E-state index in [2.05, 4.69) is 53.6 Å². The van der Waals surface area contributed by atoms with Crippen LogP contribution in [0.3, 0.4) is 0 Å². The van der Waals surface area contributed by atoms with Crippen molar-refractivity contribution in [3.8, 4) is 0 Å². The van der Waals surface area contributed by atoms with Crippen molar-refractivity contribution in [2.24, 2.45) is 4.99 Å². The molecule has 4 heteroatoms. The maximum atomic E-state index is 12.1. The zero-order chi connectivity index (χ0) is 17.3. The van der Waals surface area contributed by atoms with Gasteiger partial charge in [-0.1, -0.05) is 38.1 Å². The molecule has 0 atom stereocenters. The lowest BCUT2D eigenvalue weighted by Crippen LogP contribution is -2.05. The lowest BCUT2D eigenvalue weighted by atomic mass is 10.0. The number of cyclic esters (lactones) is 1. The minimum Gasteiger partial charge on any atom is -0.402 e. The topological polar surface area (TPSA) is 38.7 Å². The molecule has 0 unspecified atom stereocenters. The number of rotatable bonds is 3. The molecule has 3 rings (SSSR count). The van der Waals surface area contributed by atoms with E-state index in [9.17, 15) is 4.79 Å². The summed E-state index contributed by atoms with van der Waals surface area (Å²) >= 11 is 2.28.